The fourth-order valence-corrected chi connectivity index (χ4v) is 3.68. The Morgan fingerprint density at radius 1 is 1.07 bits per heavy atom. The predicted octanol–water partition coefficient (Wildman–Crippen LogP) is 6.74. The third-order valence-electron chi connectivity index (χ3n) is 4.86. The van der Waals surface area contributed by atoms with Crippen LogP contribution in [0, 0.1) is 6.92 Å². The van der Waals surface area contributed by atoms with E-state index in [0.29, 0.717) is 6.61 Å². The molecule has 0 atom stereocenters. The minimum absolute atomic E-state index is 0. The maximum atomic E-state index is 6.09. The summed E-state index contributed by atoms with van der Waals surface area (Å²) < 4.78 is 7.18. The van der Waals surface area contributed by atoms with Gasteiger partial charge in [0, 0.05) is 16.6 Å². The first-order chi connectivity index (χ1) is 12.7. The van der Waals surface area contributed by atoms with Crippen molar-refractivity contribution in [1.82, 2.24) is 5.32 Å². The largest absolute Gasteiger partial charge is 0.489 e. The lowest BCUT2D eigenvalue weighted by atomic mass is 9.97. The van der Waals surface area contributed by atoms with Gasteiger partial charge in [0.15, 0.2) is 0 Å². The average molecular weight is 451 g/mol. The first kappa shape index (κ1) is 22.0. The molecule has 0 radical (unpaired) electrons. The highest BCUT2D eigenvalue weighted by atomic mass is 79.9. The van der Waals surface area contributed by atoms with Gasteiger partial charge in [0.05, 0.1) is 0 Å². The number of hydrogen-bond acceptors (Lipinski definition) is 2. The third-order valence-corrected chi connectivity index (χ3v) is 5.35. The molecule has 0 aliphatic heterocycles. The second-order valence-electron chi connectivity index (χ2n) is 7.06. The summed E-state index contributed by atoms with van der Waals surface area (Å²) in [5, 5.41) is 3.58. The van der Waals surface area contributed by atoms with E-state index in [4.69, 9.17) is 4.74 Å². The lowest BCUT2D eigenvalue weighted by Crippen LogP contribution is -2.16. The highest BCUT2D eigenvalue weighted by molar-refractivity contribution is 9.10. The van der Waals surface area contributed by atoms with Crippen LogP contribution in [0.25, 0.3) is 0 Å². The summed E-state index contributed by atoms with van der Waals surface area (Å²) in [6.45, 7) is 4.56. The minimum Gasteiger partial charge on any atom is -0.489 e. The summed E-state index contributed by atoms with van der Waals surface area (Å²) in [7, 11) is 0. The second-order valence-corrected chi connectivity index (χ2v) is 7.98. The Kier molecular flexibility index (Phi) is 9.40. The van der Waals surface area contributed by atoms with E-state index in [1.165, 1.54) is 42.4 Å². The number of nitrogens with one attached hydrogen (secondary N) is 1. The molecule has 1 aliphatic carbocycles. The molecule has 4 heteroatoms. The first-order valence-corrected chi connectivity index (χ1v) is 10.4. The molecule has 1 N–H and O–H groups in total. The summed E-state index contributed by atoms with van der Waals surface area (Å²) in [5.74, 6) is 0.957. The van der Waals surface area contributed by atoms with Crippen molar-refractivity contribution < 1.29 is 4.74 Å². The molecule has 146 valence electrons. The Labute approximate surface area is 177 Å². The number of ether oxygens (including phenoxy) is 1. The van der Waals surface area contributed by atoms with Crippen molar-refractivity contribution in [3.8, 4) is 5.75 Å². The zero-order valence-corrected chi connectivity index (χ0v) is 18.4. The Morgan fingerprint density at radius 2 is 1.89 bits per heavy atom. The Morgan fingerprint density at radius 3 is 2.63 bits per heavy atom. The van der Waals surface area contributed by atoms with Crippen molar-refractivity contribution in [2.45, 2.75) is 52.2 Å². The van der Waals surface area contributed by atoms with E-state index < -0.39 is 0 Å². The van der Waals surface area contributed by atoms with Gasteiger partial charge in [0.2, 0.25) is 0 Å². The van der Waals surface area contributed by atoms with Crippen LogP contribution in [0.5, 0.6) is 5.75 Å². The van der Waals surface area contributed by atoms with Gasteiger partial charge < -0.3 is 10.1 Å². The molecule has 2 nitrogen and oxygen atoms in total. The SMILES string of the molecule is Cc1ccc(COc2ccc(Br)cc2CNCCC2=CCCCC2)cc1.Cl. The van der Waals surface area contributed by atoms with E-state index in [2.05, 4.69) is 70.6 Å². The van der Waals surface area contributed by atoms with Crippen LogP contribution in [0.2, 0.25) is 0 Å². The fraction of sp³-hybridized carbons (Fsp3) is 0.391. The molecule has 1 aliphatic rings. The fourth-order valence-electron chi connectivity index (χ4n) is 3.28. The van der Waals surface area contributed by atoms with Crippen LogP contribution >= 0.6 is 28.3 Å². The van der Waals surface area contributed by atoms with Crippen molar-refractivity contribution in [2.75, 3.05) is 6.54 Å². The van der Waals surface area contributed by atoms with Gasteiger partial charge in [-0.05, 0) is 69.3 Å². The van der Waals surface area contributed by atoms with E-state index in [1.807, 2.05) is 6.07 Å². The Balaban J connectivity index is 0.00000261. The van der Waals surface area contributed by atoms with Gasteiger partial charge >= 0.3 is 0 Å². The highest BCUT2D eigenvalue weighted by Crippen LogP contribution is 2.24. The predicted molar refractivity (Wildman–Crippen MR) is 120 cm³/mol. The topological polar surface area (TPSA) is 21.3 Å². The molecular weight excluding hydrogens is 422 g/mol. The molecule has 3 rings (SSSR count). The number of halogens is 2. The van der Waals surface area contributed by atoms with E-state index >= 15 is 0 Å². The van der Waals surface area contributed by atoms with Crippen molar-refractivity contribution >= 4 is 28.3 Å². The highest BCUT2D eigenvalue weighted by Gasteiger charge is 2.07. The quantitative estimate of drug-likeness (QED) is 0.355. The lowest BCUT2D eigenvalue weighted by molar-refractivity contribution is 0.302. The smallest absolute Gasteiger partial charge is 0.124 e. The molecule has 0 saturated carbocycles. The van der Waals surface area contributed by atoms with Crippen LogP contribution in [-0.2, 0) is 13.2 Å². The number of hydrogen-bond donors (Lipinski definition) is 1. The molecule has 0 bridgehead atoms. The monoisotopic (exact) mass is 449 g/mol. The zero-order valence-electron chi connectivity index (χ0n) is 16.0. The number of rotatable bonds is 8. The normalized spacial score (nSPS) is 13.6. The van der Waals surface area contributed by atoms with Gasteiger partial charge in [-0.25, -0.2) is 0 Å². The number of aryl methyl sites for hydroxylation is 1. The summed E-state index contributed by atoms with van der Waals surface area (Å²) in [4.78, 5) is 0. The molecule has 0 heterocycles. The molecule has 0 spiro atoms. The van der Waals surface area contributed by atoms with Gasteiger partial charge in [-0.15, -0.1) is 12.4 Å². The first-order valence-electron chi connectivity index (χ1n) is 9.56. The van der Waals surface area contributed by atoms with E-state index in [9.17, 15) is 0 Å². The molecule has 0 amide bonds. The maximum Gasteiger partial charge on any atom is 0.124 e. The van der Waals surface area contributed by atoms with E-state index in [1.54, 1.807) is 5.57 Å². The molecule has 2 aromatic rings. The number of benzene rings is 2. The van der Waals surface area contributed by atoms with Gasteiger partial charge in [-0.2, -0.15) is 0 Å². The summed E-state index contributed by atoms with van der Waals surface area (Å²) in [5.41, 5.74) is 5.29. The number of allylic oxidation sites excluding steroid dienone is 1. The molecular formula is C23H29BrClNO. The van der Waals surface area contributed by atoms with Crippen LogP contribution in [-0.4, -0.2) is 6.54 Å². The van der Waals surface area contributed by atoms with E-state index in [-0.39, 0.29) is 12.4 Å². The molecule has 0 saturated heterocycles. The maximum absolute atomic E-state index is 6.09. The van der Waals surface area contributed by atoms with Crippen LogP contribution < -0.4 is 10.1 Å². The van der Waals surface area contributed by atoms with E-state index in [0.717, 1.165) is 29.7 Å². The van der Waals surface area contributed by atoms with Crippen molar-refractivity contribution in [3.63, 3.8) is 0 Å². The summed E-state index contributed by atoms with van der Waals surface area (Å²) in [6.07, 6.45) is 8.85. The van der Waals surface area contributed by atoms with Crippen LogP contribution in [0.4, 0.5) is 0 Å². The summed E-state index contributed by atoms with van der Waals surface area (Å²) >= 11 is 3.58. The van der Waals surface area contributed by atoms with Crippen molar-refractivity contribution in [1.29, 1.82) is 0 Å². The minimum atomic E-state index is 0. The lowest BCUT2D eigenvalue weighted by Gasteiger charge is -2.15. The third kappa shape index (κ3) is 7.33. The zero-order chi connectivity index (χ0) is 18.2. The Hall–Kier alpha value is -1.29. The van der Waals surface area contributed by atoms with Gasteiger partial charge in [0.1, 0.15) is 12.4 Å². The van der Waals surface area contributed by atoms with Crippen LogP contribution in [0.15, 0.2) is 58.6 Å². The van der Waals surface area contributed by atoms with Gasteiger partial charge in [-0.1, -0.05) is 57.4 Å². The van der Waals surface area contributed by atoms with Gasteiger partial charge in [-0.3, -0.25) is 0 Å². The van der Waals surface area contributed by atoms with Crippen molar-refractivity contribution in [2.24, 2.45) is 0 Å². The average Bonchev–Trinajstić information content (AvgIpc) is 2.67. The molecule has 0 fully saturated rings. The summed E-state index contributed by atoms with van der Waals surface area (Å²) in [6, 6.07) is 14.8. The second kappa shape index (κ2) is 11.5. The molecule has 0 unspecified atom stereocenters. The molecule has 27 heavy (non-hydrogen) atoms. The van der Waals surface area contributed by atoms with Gasteiger partial charge in [0.25, 0.3) is 0 Å². The molecule has 2 aromatic carbocycles. The standard InChI is InChI=1S/C23H28BrNO.ClH/c1-18-7-9-20(10-8-18)17-26-23-12-11-22(24)15-21(23)16-25-14-13-19-5-3-2-4-6-19;/h5,7-12,15,25H,2-4,6,13-14,16-17H2,1H3;1H. The van der Waals surface area contributed by atoms with Crippen LogP contribution in [0.1, 0.15) is 48.8 Å². The molecule has 0 aromatic heterocycles. The Bertz CT molecular complexity index is 743. The van der Waals surface area contributed by atoms with Crippen LogP contribution in [0.3, 0.4) is 0 Å². The van der Waals surface area contributed by atoms with Crippen molar-refractivity contribution in [3.05, 3.63) is 75.3 Å².